The molecule has 0 amide bonds. The van der Waals surface area contributed by atoms with Crippen LogP contribution in [0.2, 0.25) is 0 Å². The van der Waals surface area contributed by atoms with Gasteiger partial charge in [0.05, 0.1) is 34.3 Å². The summed E-state index contributed by atoms with van der Waals surface area (Å²) in [5.74, 6) is 0.645. The molecular weight excluding hydrogens is 352 g/mol. The van der Waals surface area contributed by atoms with E-state index in [1.54, 1.807) is 18.6 Å². The fraction of sp³-hybridized carbons (Fsp3) is 0.286. The molecule has 7 heteroatoms. The molecule has 1 aromatic carbocycles. The van der Waals surface area contributed by atoms with Gasteiger partial charge in [-0.25, -0.2) is 0 Å². The van der Waals surface area contributed by atoms with Crippen LogP contribution in [-0.2, 0) is 0 Å². The second-order valence-electron chi connectivity index (χ2n) is 7.05. The molecule has 28 heavy (non-hydrogen) atoms. The third kappa shape index (κ3) is 3.68. The van der Waals surface area contributed by atoms with Gasteiger partial charge in [-0.3, -0.25) is 9.97 Å². The van der Waals surface area contributed by atoms with Crippen molar-refractivity contribution < 1.29 is 4.74 Å². The molecule has 142 valence electrons. The molecule has 2 aromatic heterocycles. The minimum atomic E-state index is 0.155. The fourth-order valence-corrected chi connectivity index (χ4v) is 3.42. The van der Waals surface area contributed by atoms with Gasteiger partial charge in [0, 0.05) is 36.9 Å². The monoisotopic (exact) mass is 374 g/mol. The Kier molecular flexibility index (Phi) is 4.96. The van der Waals surface area contributed by atoms with E-state index in [1.165, 1.54) is 0 Å². The summed E-state index contributed by atoms with van der Waals surface area (Å²) in [6.45, 7) is 2.03. The van der Waals surface area contributed by atoms with E-state index < -0.39 is 0 Å². The minimum absolute atomic E-state index is 0.155. The molecule has 0 aliphatic carbocycles. The van der Waals surface area contributed by atoms with E-state index in [0.717, 1.165) is 42.5 Å². The zero-order chi connectivity index (χ0) is 19.5. The predicted octanol–water partition coefficient (Wildman–Crippen LogP) is 3.30. The summed E-state index contributed by atoms with van der Waals surface area (Å²) in [6.07, 6.45) is 7.07. The Labute approximate surface area is 163 Å². The number of pyridine rings is 2. The third-order valence-corrected chi connectivity index (χ3v) is 5.01. The molecule has 1 aliphatic heterocycles. The van der Waals surface area contributed by atoms with Crippen LogP contribution in [0.5, 0.6) is 5.75 Å². The van der Waals surface area contributed by atoms with Crippen LogP contribution in [0.1, 0.15) is 18.4 Å². The molecule has 3 N–H and O–H groups in total. The number of benzene rings is 1. The third-order valence-electron chi connectivity index (χ3n) is 5.01. The largest absolute Gasteiger partial charge is 0.488 e. The summed E-state index contributed by atoms with van der Waals surface area (Å²) in [7, 11) is 2.12. The molecule has 0 saturated carbocycles. The summed E-state index contributed by atoms with van der Waals surface area (Å²) >= 11 is 0. The Morgan fingerprint density at radius 3 is 2.82 bits per heavy atom. The van der Waals surface area contributed by atoms with E-state index in [1.807, 2.05) is 24.3 Å². The average Bonchev–Trinajstić information content (AvgIpc) is 2.71. The molecule has 0 radical (unpaired) electrons. The van der Waals surface area contributed by atoms with E-state index in [9.17, 15) is 5.26 Å². The molecule has 0 bridgehead atoms. The van der Waals surface area contributed by atoms with Crippen molar-refractivity contribution in [2.45, 2.75) is 18.9 Å². The molecular formula is C21H22N6O. The second kappa shape index (κ2) is 7.71. The number of nitriles is 1. The SMILES string of the molecule is CN1CCC(Oc2cc3ncc(C#N)c(Nc4cccnc4)c3cc2N)CC1. The number of piperidine rings is 1. The number of rotatable bonds is 4. The highest BCUT2D eigenvalue weighted by atomic mass is 16.5. The lowest BCUT2D eigenvalue weighted by atomic mass is 10.1. The molecule has 1 aliphatic rings. The number of nitrogens with two attached hydrogens (primary N) is 1. The maximum absolute atomic E-state index is 9.51. The van der Waals surface area contributed by atoms with Crippen molar-refractivity contribution in [3.05, 3.63) is 48.4 Å². The molecule has 1 saturated heterocycles. The number of likely N-dealkylation sites (tertiary alicyclic amines) is 1. The van der Waals surface area contributed by atoms with E-state index >= 15 is 0 Å². The van der Waals surface area contributed by atoms with Crippen molar-refractivity contribution in [2.24, 2.45) is 0 Å². The topological polar surface area (TPSA) is 100 Å². The number of fused-ring (bicyclic) bond motifs is 1. The molecule has 1 fully saturated rings. The van der Waals surface area contributed by atoms with Crippen molar-refractivity contribution in [3.8, 4) is 11.8 Å². The molecule has 7 nitrogen and oxygen atoms in total. The highest BCUT2D eigenvalue weighted by Crippen LogP contribution is 2.35. The van der Waals surface area contributed by atoms with Gasteiger partial charge in [0.25, 0.3) is 0 Å². The number of hydrogen-bond donors (Lipinski definition) is 2. The summed E-state index contributed by atoms with van der Waals surface area (Å²) in [5, 5.41) is 13.6. The molecule has 0 unspecified atom stereocenters. The summed E-state index contributed by atoms with van der Waals surface area (Å²) in [4.78, 5) is 10.8. The van der Waals surface area contributed by atoms with Crippen molar-refractivity contribution in [1.29, 1.82) is 5.26 Å². The van der Waals surface area contributed by atoms with Crippen LogP contribution in [0.25, 0.3) is 10.9 Å². The van der Waals surface area contributed by atoms with Gasteiger partial charge in [0.15, 0.2) is 0 Å². The standard InChI is InChI=1S/C21H22N6O/c1-27-7-4-16(5-8-27)28-20-10-19-17(9-18(20)23)21(14(11-22)12-25-19)26-15-3-2-6-24-13-15/h2-3,6,9-10,12-13,16H,4-5,7-8,23H2,1H3,(H,25,26). The zero-order valence-corrected chi connectivity index (χ0v) is 15.7. The van der Waals surface area contributed by atoms with E-state index in [0.29, 0.717) is 22.7 Å². The lowest BCUT2D eigenvalue weighted by molar-refractivity contribution is 0.115. The lowest BCUT2D eigenvalue weighted by Crippen LogP contribution is -2.35. The Hall–Kier alpha value is -3.37. The Bertz CT molecular complexity index is 1020. The molecule has 4 rings (SSSR count). The first-order chi connectivity index (χ1) is 13.6. The van der Waals surface area contributed by atoms with Gasteiger partial charge in [-0.2, -0.15) is 5.26 Å². The van der Waals surface area contributed by atoms with E-state index in [4.69, 9.17) is 10.5 Å². The Morgan fingerprint density at radius 1 is 1.29 bits per heavy atom. The Morgan fingerprint density at radius 2 is 2.11 bits per heavy atom. The maximum Gasteiger partial charge on any atom is 0.144 e. The minimum Gasteiger partial charge on any atom is -0.488 e. The summed E-state index contributed by atoms with van der Waals surface area (Å²) < 4.78 is 6.17. The van der Waals surface area contributed by atoms with Gasteiger partial charge in [-0.15, -0.1) is 0 Å². The number of nitrogens with zero attached hydrogens (tertiary/aromatic N) is 4. The fourth-order valence-electron chi connectivity index (χ4n) is 3.42. The van der Waals surface area contributed by atoms with Crippen LogP contribution in [-0.4, -0.2) is 41.1 Å². The molecule has 3 heterocycles. The summed E-state index contributed by atoms with van der Waals surface area (Å²) in [6, 6.07) is 9.60. The maximum atomic E-state index is 9.51. The molecule has 0 atom stereocenters. The number of nitrogens with one attached hydrogen (secondary N) is 1. The average molecular weight is 374 g/mol. The van der Waals surface area contributed by atoms with Crippen molar-refractivity contribution in [1.82, 2.24) is 14.9 Å². The zero-order valence-electron chi connectivity index (χ0n) is 15.7. The highest BCUT2D eigenvalue weighted by Gasteiger charge is 2.20. The van der Waals surface area contributed by atoms with Gasteiger partial charge < -0.3 is 20.7 Å². The van der Waals surface area contributed by atoms with E-state index in [-0.39, 0.29) is 6.10 Å². The summed E-state index contributed by atoms with van der Waals surface area (Å²) in [5.41, 5.74) is 9.46. The predicted molar refractivity (Wildman–Crippen MR) is 110 cm³/mol. The first-order valence-electron chi connectivity index (χ1n) is 9.28. The van der Waals surface area contributed by atoms with Gasteiger partial charge in [0.1, 0.15) is 17.9 Å². The van der Waals surface area contributed by atoms with Gasteiger partial charge in [-0.05, 0) is 38.1 Å². The number of aromatic nitrogens is 2. The van der Waals surface area contributed by atoms with Crippen molar-refractivity contribution in [3.63, 3.8) is 0 Å². The number of hydrogen-bond acceptors (Lipinski definition) is 7. The van der Waals surface area contributed by atoms with Crippen LogP contribution >= 0.6 is 0 Å². The van der Waals surface area contributed by atoms with Gasteiger partial charge >= 0.3 is 0 Å². The lowest BCUT2D eigenvalue weighted by Gasteiger charge is -2.29. The van der Waals surface area contributed by atoms with Gasteiger partial charge in [-0.1, -0.05) is 0 Å². The van der Waals surface area contributed by atoms with Crippen LogP contribution in [0.3, 0.4) is 0 Å². The molecule has 0 spiro atoms. The Balaban J connectivity index is 1.69. The van der Waals surface area contributed by atoms with E-state index in [2.05, 4.69) is 33.3 Å². The first kappa shape index (κ1) is 18.0. The van der Waals surface area contributed by atoms with Crippen molar-refractivity contribution in [2.75, 3.05) is 31.2 Å². The number of ether oxygens (including phenoxy) is 1. The molecule has 3 aromatic rings. The van der Waals surface area contributed by atoms with Gasteiger partial charge in [0.2, 0.25) is 0 Å². The highest BCUT2D eigenvalue weighted by molar-refractivity contribution is 5.98. The first-order valence-corrected chi connectivity index (χ1v) is 9.28. The number of anilines is 3. The second-order valence-corrected chi connectivity index (χ2v) is 7.05. The smallest absolute Gasteiger partial charge is 0.144 e. The number of nitrogen functional groups attached to an aromatic ring is 1. The van der Waals surface area contributed by atoms with Crippen LogP contribution < -0.4 is 15.8 Å². The van der Waals surface area contributed by atoms with Crippen LogP contribution in [0, 0.1) is 11.3 Å². The van der Waals surface area contributed by atoms with Crippen LogP contribution in [0.4, 0.5) is 17.1 Å². The normalized spacial score (nSPS) is 15.3. The quantitative estimate of drug-likeness (QED) is 0.676. The van der Waals surface area contributed by atoms with Crippen LogP contribution in [0.15, 0.2) is 42.9 Å². The van der Waals surface area contributed by atoms with Crippen molar-refractivity contribution >= 4 is 28.0 Å².